The Kier molecular flexibility index (Phi) is 10.9. The van der Waals surface area contributed by atoms with E-state index in [0.29, 0.717) is 0 Å². The molecule has 17 heteroatoms. The quantitative estimate of drug-likeness (QED) is 0.272. The smallest absolute Gasteiger partial charge is 0.454 e. The second-order valence-electron chi connectivity index (χ2n) is 3.78. The molecule has 0 aromatic heterocycles. The zero-order valence-corrected chi connectivity index (χ0v) is 12.7. The normalized spacial score (nSPS) is 13.9. The van der Waals surface area contributed by atoms with Crippen LogP contribution in [0.5, 0.6) is 0 Å². The molecular formula is C10H4F12NiO4. The number of aliphatic hydroxyl groups excluding tert-OH is 2. The van der Waals surface area contributed by atoms with Crippen molar-refractivity contribution in [2.24, 2.45) is 0 Å². The van der Waals surface area contributed by atoms with Crippen LogP contribution >= 0.6 is 0 Å². The van der Waals surface area contributed by atoms with Crippen LogP contribution in [0.3, 0.4) is 0 Å². The molecule has 0 spiro atoms. The predicted octanol–water partition coefficient (Wildman–Crippen LogP) is 4.24. The first-order chi connectivity index (χ1) is 11.1. The zero-order chi connectivity index (χ0) is 21.7. The second-order valence-corrected chi connectivity index (χ2v) is 3.78. The van der Waals surface area contributed by atoms with E-state index in [-0.39, 0.29) is 16.5 Å². The maximum Gasteiger partial charge on any atom is 0.454 e. The first kappa shape index (κ1) is 29.8. The van der Waals surface area contributed by atoms with Crippen molar-refractivity contribution in [3.8, 4) is 0 Å². The molecule has 0 fully saturated rings. The summed E-state index contributed by atoms with van der Waals surface area (Å²) in [5, 5.41) is 15.9. The van der Waals surface area contributed by atoms with Crippen LogP contribution in [-0.4, -0.2) is 46.5 Å². The summed E-state index contributed by atoms with van der Waals surface area (Å²) in [6.07, 6.45) is -23.4. The van der Waals surface area contributed by atoms with E-state index in [1.54, 1.807) is 0 Å². The van der Waals surface area contributed by atoms with Crippen LogP contribution in [0.4, 0.5) is 52.7 Å². The number of hydrogen-bond acceptors (Lipinski definition) is 4. The molecule has 162 valence electrons. The fourth-order valence-corrected chi connectivity index (χ4v) is 0.576. The number of allylic oxidation sites excluding steroid dienone is 4. The Labute approximate surface area is 150 Å². The van der Waals surface area contributed by atoms with Gasteiger partial charge in [0.2, 0.25) is 11.5 Å². The van der Waals surface area contributed by atoms with Crippen molar-refractivity contribution in [1.82, 2.24) is 0 Å². The summed E-state index contributed by atoms with van der Waals surface area (Å²) in [5.74, 6) is -10.7. The van der Waals surface area contributed by atoms with Gasteiger partial charge in [-0.05, 0) is 0 Å². The number of rotatable bonds is 2. The molecule has 0 unspecified atom stereocenters. The molecule has 0 aliphatic rings. The number of halogens is 12. The van der Waals surface area contributed by atoms with Gasteiger partial charge in [-0.25, -0.2) is 0 Å². The molecule has 27 heavy (non-hydrogen) atoms. The topological polar surface area (TPSA) is 74.6 Å². The van der Waals surface area contributed by atoms with Crippen LogP contribution in [0, 0.1) is 0 Å². The molecule has 0 heterocycles. The van der Waals surface area contributed by atoms with Gasteiger partial charge in [-0.1, -0.05) is 0 Å². The molecular weight excluding hydrogens is 471 g/mol. The summed E-state index contributed by atoms with van der Waals surface area (Å²) in [7, 11) is 0. The maximum atomic E-state index is 11.4. The van der Waals surface area contributed by atoms with Crippen LogP contribution in [0.1, 0.15) is 0 Å². The number of ketones is 2. The number of carbonyl (C=O) groups is 2. The molecule has 2 N–H and O–H groups in total. The number of carbonyl (C=O) groups excluding carboxylic acids is 2. The van der Waals surface area contributed by atoms with E-state index < -0.39 is 59.9 Å². The van der Waals surface area contributed by atoms with Crippen molar-refractivity contribution in [3.63, 3.8) is 0 Å². The van der Waals surface area contributed by atoms with Gasteiger partial charge in [0.15, 0.2) is 0 Å². The van der Waals surface area contributed by atoms with Crippen molar-refractivity contribution in [1.29, 1.82) is 0 Å². The minimum atomic E-state index is -5.42. The van der Waals surface area contributed by atoms with Gasteiger partial charge >= 0.3 is 24.7 Å². The first-order valence-corrected chi connectivity index (χ1v) is 5.28. The van der Waals surface area contributed by atoms with Crippen molar-refractivity contribution in [2.75, 3.05) is 0 Å². The molecule has 0 aromatic carbocycles. The summed E-state index contributed by atoms with van der Waals surface area (Å²) in [6.45, 7) is 0. The molecule has 0 saturated carbocycles. The predicted molar refractivity (Wildman–Crippen MR) is 55.7 cm³/mol. The number of alkyl halides is 12. The fraction of sp³-hybridized carbons (Fsp3) is 0.400. The Morgan fingerprint density at radius 2 is 0.704 bits per heavy atom. The van der Waals surface area contributed by atoms with Crippen molar-refractivity contribution in [2.45, 2.75) is 24.7 Å². The summed E-state index contributed by atoms with van der Waals surface area (Å²) < 4.78 is 136. The monoisotopic (exact) mass is 474 g/mol. The van der Waals surface area contributed by atoms with E-state index in [1.807, 2.05) is 0 Å². The molecule has 0 aromatic rings. The van der Waals surface area contributed by atoms with Crippen molar-refractivity contribution < 1.29 is 89.0 Å². The van der Waals surface area contributed by atoms with E-state index in [2.05, 4.69) is 0 Å². The van der Waals surface area contributed by atoms with Gasteiger partial charge in [-0.2, -0.15) is 52.7 Å². The van der Waals surface area contributed by atoms with E-state index in [9.17, 15) is 62.3 Å². The summed E-state index contributed by atoms with van der Waals surface area (Å²) in [5.41, 5.74) is 0. The zero-order valence-electron chi connectivity index (χ0n) is 11.7. The van der Waals surface area contributed by atoms with Gasteiger partial charge in [0, 0.05) is 28.6 Å². The second kappa shape index (κ2) is 9.85. The largest absolute Gasteiger partial charge is 0.504 e. The van der Waals surface area contributed by atoms with E-state index >= 15 is 0 Å². The van der Waals surface area contributed by atoms with Gasteiger partial charge in [0.1, 0.15) is 0 Å². The molecule has 0 saturated heterocycles. The minimum Gasteiger partial charge on any atom is -0.504 e. The average Bonchev–Trinajstić information content (AvgIpc) is 2.34. The van der Waals surface area contributed by atoms with Crippen LogP contribution in [0.2, 0.25) is 0 Å². The molecule has 4 nitrogen and oxygen atoms in total. The van der Waals surface area contributed by atoms with Gasteiger partial charge in [0.05, 0.1) is 0 Å². The number of aliphatic hydroxyl groups is 2. The Morgan fingerprint density at radius 1 is 0.519 bits per heavy atom. The van der Waals surface area contributed by atoms with Crippen molar-refractivity contribution in [3.05, 3.63) is 23.7 Å². The molecule has 0 bridgehead atoms. The summed E-state index contributed by atoms with van der Waals surface area (Å²) >= 11 is 0. The molecule has 0 radical (unpaired) electrons. The average molecular weight is 475 g/mol. The van der Waals surface area contributed by atoms with Gasteiger partial charge in [-0.3, -0.25) is 9.59 Å². The van der Waals surface area contributed by atoms with Crippen LogP contribution in [-0.2, 0) is 26.1 Å². The van der Waals surface area contributed by atoms with E-state index in [1.165, 1.54) is 0 Å². The molecule has 0 rings (SSSR count). The molecule has 0 amide bonds. The Bertz CT molecular complexity index is 527. The third-order valence-electron chi connectivity index (χ3n) is 1.68. The maximum absolute atomic E-state index is 11.4. The first-order valence-electron chi connectivity index (χ1n) is 5.28. The van der Waals surface area contributed by atoms with Crippen LogP contribution in [0.15, 0.2) is 23.7 Å². The van der Waals surface area contributed by atoms with Crippen molar-refractivity contribution >= 4 is 11.6 Å². The molecule has 0 aliphatic carbocycles. The van der Waals surface area contributed by atoms with E-state index in [4.69, 9.17) is 10.2 Å². The number of hydrogen-bond donors (Lipinski definition) is 2. The minimum absolute atomic E-state index is 0. The summed E-state index contributed by atoms with van der Waals surface area (Å²) in [4.78, 5) is 19.7. The van der Waals surface area contributed by atoms with Gasteiger partial charge in [0.25, 0.3) is 11.6 Å². The summed E-state index contributed by atoms with van der Waals surface area (Å²) in [6, 6.07) is 0. The third kappa shape index (κ3) is 13.0. The van der Waals surface area contributed by atoms with Crippen LogP contribution in [0.25, 0.3) is 0 Å². The third-order valence-corrected chi connectivity index (χ3v) is 1.68. The Morgan fingerprint density at radius 3 is 0.815 bits per heavy atom. The van der Waals surface area contributed by atoms with Gasteiger partial charge < -0.3 is 10.2 Å². The van der Waals surface area contributed by atoms with E-state index in [0.717, 1.165) is 0 Å². The molecule has 0 atom stereocenters. The fourth-order valence-electron chi connectivity index (χ4n) is 0.576. The standard InChI is InChI=1S/2C5H2F6O2.Ni/c2*6-4(7,8)2(12)1-3(13)5(9,10)11;/h2*1,12H;/b2*2-1+;. The van der Waals surface area contributed by atoms with Gasteiger partial charge in [-0.15, -0.1) is 0 Å². The Balaban J connectivity index is -0.000000411. The van der Waals surface area contributed by atoms with Crippen LogP contribution < -0.4 is 0 Å². The Hall–Kier alpha value is -1.93. The molecule has 0 aliphatic heterocycles. The SMILES string of the molecule is O=C(/C=C(/O)C(F)(F)F)C(F)(F)F.O=C(/C=C(/O)C(F)(F)F)C(F)(F)F.[Ni].